The maximum atomic E-state index is 13.6. The van der Waals surface area contributed by atoms with Crippen molar-refractivity contribution in [2.75, 3.05) is 20.2 Å². The van der Waals surface area contributed by atoms with Crippen LogP contribution >= 0.6 is 0 Å². The van der Waals surface area contributed by atoms with E-state index in [1.807, 2.05) is 25.1 Å². The van der Waals surface area contributed by atoms with Gasteiger partial charge in [0.25, 0.3) is 11.5 Å². The van der Waals surface area contributed by atoms with Crippen molar-refractivity contribution in [1.82, 2.24) is 19.8 Å². The number of ether oxygens (including phenoxy) is 1. The van der Waals surface area contributed by atoms with Gasteiger partial charge in [0.1, 0.15) is 5.75 Å². The van der Waals surface area contributed by atoms with Gasteiger partial charge in [-0.05, 0) is 83.3 Å². The minimum Gasteiger partial charge on any atom is -0.496 e. The van der Waals surface area contributed by atoms with Gasteiger partial charge >= 0.3 is 0 Å². The van der Waals surface area contributed by atoms with Crippen LogP contribution in [0.5, 0.6) is 5.75 Å². The Morgan fingerprint density at radius 1 is 1.07 bits per heavy atom. The number of amides is 2. The van der Waals surface area contributed by atoms with Crippen LogP contribution in [0.15, 0.2) is 35.1 Å². The summed E-state index contributed by atoms with van der Waals surface area (Å²) in [5, 5.41) is 3.87. The van der Waals surface area contributed by atoms with E-state index in [0.717, 1.165) is 74.1 Å². The lowest BCUT2D eigenvalue weighted by Gasteiger charge is -2.38. The fourth-order valence-corrected chi connectivity index (χ4v) is 7.07. The second-order valence-electron chi connectivity index (χ2n) is 12.2. The molecule has 2 aromatic heterocycles. The van der Waals surface area contributed by atoms with Crippen molar-refractivity contribution in [2.24, 2.45) is 17.8 Å². The lowest BCUT2D eigenvalue weighted by atomic mass is 9.81. The molecule has 1 aliphatic carbocycles. The third kappa shape index (κ3) is 5.79. The quantitative estimate of drug-likeness (QED) is 0.398. The lowest BCUT2D eigenvalue weighted by molar-refractivity contribution is -0.138. The number of likely N-dealkylation sites (tertiary alicyclic amines) is 1. The number of para-hydroxylation sites is 1. The summed E-state index contributed by atoms with van der Waals surface area (Å²) in [5.74, 6) is 1.95. The summed E-state index contributed by atoms with van der Waals surface area (Å²) >= 11 is 0. The summed E-state index contributed by atoms with van der Waals surface area (Å²) in [6, 6.07) is 9.97. The van der Waals surface area contributed by atoms with Gasteiger partial charge < -0.3 is 24.5 Å². The molecule has 1 atom stereocenters. The Kier molecular flexibility index (Phi) is 8.57. The van der Waals surface area contributed by atoms with Crippen molar-refractivity contribution >= 4 is 22.7 Å². The maximum absolute atomic E-state index is 13.6. The van der Waals surface area contributed by atoms with Crippen LogP contribution in [0.3, 0.4) is 0 Å². The van der Waals surface area contributed by atoms with Crippen LogP contribution in [0.2, 0.25) is 0 Å². The molecule has 1 saturated carbocycles. The molecular formula is C33H44N4O4. The zero-order chi connectivity index (χ0) is 29.3. The number of benzene rings is 1. The molecule has 41 heavy (non-hydrogen) atoms. The molecule has 1 saturated heterocycles. The summed E-state index contributed by atoms with van der Waals surface area (Å²) < 4.78 is 7.70. The van der Waals surface area contributed by atoms with E-state index in [0.29, 0.717) is 34.4 Å². The third-order valence-corrected chi connectivity index (χ3v) is 9.56. The molecule has 1 aromatic carbocycles. The van der Waals surface area contributed by atoms with Crippen molar-refractivity contribution in [3.63, 3.8) is 0 Å². The van der Waals surface area contributed by atoms with Gasteiger partial charge in [0.15, 0.2) is 0 Å². The van der Waals surface area contributed by atoms with Crippen LogP contribution in [-0.4, -0.2) is 46.5 Å². The highest BCUT2D eigenvalue weighted by atomic mass is 16.5. The largest absolute Gasteiger partial charge is 0.496 e. The van der Waals surface area contributed by atoms with Crippen molar-refractivity contribution in [3.05, 3.63) is 63.2 Å². The van der Waals surface area contributed by atoms with E-state index in [-0.39, 0.29) is 30.0 Å². The van der Waals surface area contributed by atoms with Gasteiger partial charge in [-0.25, -0.2) is 0 Å². The summed E-state index contributed by atoms with van der Waals surface area (Å²) in [6.45, 7) is 10.0. The predicted octanol–water partition coefficient (Wildman–Crippen LogP) is 5.51. The first-order valence-corrected chi connectivity index (χ1v) is 15.1. The zero-order valence-electron chi connectivity index (χ0n) is 25.1. The van der Waals surface area contributed by atoms with E-state index in [4.69, 9.17) is 4.74 Å². The third-order valence-electron chi connectivity index (χ3n) is 9.56. The minimum atomic E-state index is -0.266. The van der Waals surface area contributed by atoms with E-state index in [2.05, 4.69) is 39.7 Å². The number of hydrogen-bond donors (Lipinski definition) is 2. The Hall–Kier alpha value is -3.55. The molecule has 3 aromatic rings. The number of methoxy groups -OCH3 is 1. The van der Waals surface area contributed by atoms with E-state index in [1.54, 1.807) is 13.0 Å². The topological polar surface area (TPSA) is 96.4 Å². The average Bonchev–Trinajstić information content (AvgIpc) is 3.27. The summed E-state index contributed by atoms with van der Waals surface area (Å²) in [4.78, 5) is 44.3. The standard InChI is InChI=1S/C33H44N4O4/c1-20-10-12-25(13-11-20)33(40)36-16-14-24(15-17-36)22(3)37-23(4)30(26-8-6-7-9-28(26)37)32(39)34-19-27-29(41-5)18-21(2)35-31(27)38/h6-9,18,20,22,24-25H,10-17,19H2,1-5H3,(H,34,39)(H,35,38)/t20?,22-,25?/m1/s1. The Morgan fingerprint density at radius 2 is 1.76 bits per heavy atom. The summed E-state index contributed by atoms with van der Waals surface area (Å²) in [5.41, 5.74) is 3.41. The first-order valence-electron chi connectivity index (χ1n) is 15.1. The van der Waals surface area contributed by atoms with E-state index >= 15 is 0 Å². The first kappa shape index (κ1) is 29.0. The van der Waals surface area contributed by atoms with Crippen LogP contribution in [0, 0.1) is 31.6 Å². The molecule has 3 heterocycles. The van der Waals surface area contributed by atoms with Gasteiger partial charge in [0, 0.05) is 47.3 Å². The highest BCUT2D eigenvalue weighted by Crippen LogP contribution is 2.37. The molecule has 220 valence electrons. The number of nitrogens with zero attached hydrogens (tertiary/aromatic N) is 2. The SMILES string of the molecule is COc1cc(C)[nH]c(=O)c1CNC(=O)c1c(C)n([C@H](C)C2CCN(C(=O)C3CCC(C)CC3)CC2)c2ccccc12. The van der Waals surface area contributed by atoms with Crippen LogP contribution < -0.4 is 15.6 Å². The Labute approximate surface area is 242 Å². The van der Waals surface area contributed by atoms with Gasteiger partial charge in [-0.2, -0.15) is 0 Å². The number of hydrogen-bond acceptors (Lipinski definition) is 4. The van der Waals surface area contributed by atoms with Crippen LogP contribution in [0.1, 0.15) is 85.7 Å². The fraction of sp³-hybridized carbons (Fsp3) is 0.545. The van der Waals surface area contributed by atoms with Gasteiger partial charge in [0.05, 0.1) is 24.8 Å². The molecule has 8 heteroatoms. The number of aromatic nitrogens is 2. The number of carbonyl (C=O) groups excluding carboxylic acids is 2. The smallest absolute Gasteiger partial charge is 0.256 e. The van der Waals surface area contributed by atoms with E-state index in [9.17, 15) is 14.4 Å². The van der Waals surface area contributed by atoms with E-state index in [1.165, 1.54) is 7.11 Å². The number of fused-ring (bicyclic) bond motifs is 1. The number of H-pyrrole nitrogens is 1. The number of aromatic amines is 1. The fourth-order valence-electron chi connectivity index (χ4n) is 7.07. The minimum absolute atomic E-state index is 0.0680. The normalized spacial score (nSPS) is 20.7. The van der Waals surface area contributed by atoms with Crippen molar-refractivity contribution < 1.29 is 14.3 Å². The Bertz CT molecular complexity index is 1470. The molecule has 0 radical (unpaired) electrons. The molecule has 2 amide bonds. The van der Waals surface area contributed by atoms with Crippen LogP contribution in [0.25, 0.3) is 10.9 Å². The molecule has 2 N–H and O–H groups in total. The maximum Gasteiger partial charge on any atom is 0.256 e. The number of piperidine rings is 1. The molecule has 0 unspecified atom stereocenters. The van der Waals surface area contributed by atoms with Crippen LogP contribution in [0.4, 0.5) is 0 Å². The van der Waals surface area contributed by atoms with Crippen molar-refractivity contribution in [3.8, 4) is 5.75 Å². The van der Waals surface area contributed by atoms with Gasteiger partial charge in [-0.15, -0.1) is 0 Å². The van der Waals surface area contributed by atoms with E-state index < -0.39 is 0 Å². The molecule has 5 rings (SSSR count). The number of rotatable bonds is 7. The number of pyridine rings is 1. The molecule has 2 aliphatic rings. The van der Waals surface area contributed by atoms with Gasteiger partial charge in [-0.1, -0.05) is 25.1 Å². The summed E-state index contributed by atoms with van der Waals surface area (Å²) in [7, 11) is 1.52. The first-order chi connectivity index (χ1) is 19.7. The number of nitrogens with one attached hydrogen (secondary N) is 2. The summed E-state index contributed by atoms with van der Waals surface area (Å²) in [6.07, 6.45) is 6.30. The van der Waals surface area contributed by atoms with Gasteiger partial charge in [-0.3, -0.25) is 14.4 Å². The van der Waals surface area contributed by atoms with Gasteiger partial charge in [0.2, 0.25) is 5.91 Å². The Balaban J connectivity index is 1.32. The predicted molar refractivity (Wildman–Crippen MR) is 161 cm³/mol. The van der Waals surface area contributed by atoms with Crippen molar-refractivity contribution in [1.29, 1.82) is 0 Å². The molecule has 2 fully saturated rings. The second kappa shape index (κ2) is 12.1. The Morgan fingerprint density at radius 3 is 2.44 bits per heavy atom. The second-order valence-corrected chi connectivity index (χ2v) is 12.2. The monoisotopic (exact) mass is 560 g/mol. The highest BCUT2D eigenvalue weighted by Gasteiger charge is 2.33. The average molecular weight is 561 g/mol. The molecule has 0 bridgehead atoms. The number of carbonyl (C=O) groups is 2. The van der Waals surface area contributed by atoms with Crippen molar-refractivity contribution in [2.45, 2.75) is 78.8 Å². The molecule has 1 aliphatic heterocycles. The number of aryl methyl sites for hydroxylation is 1. The van der Waals surface area contributed by atoms with Crippen LogP contribution in [-0.2, 0) is 11.3 Å². The highest BCUT2D eigenvalue weighted by molar-refractivity contribution is 6.08. The molecular weight excluding hydrogens is 516 g/mol. The lowest BCUT2D eigenvalue weighted by Crippen LogP contribution is -2.43. The molecule has 0 spiro atoms. The molecule has 8 nitrogen and oxygen atoms in total. The zero-order valence-corrected chi connectivity index (χ0v) is 25.1.